The van der Waals surface area contributed by atoms with Gasteiger partial charge in [0.05, 0.1) is 0 Å². The SMILES string of the molecule is O=C(c1ccc(CNC2CCCSC2)cc1)N1CCCCC1. The molecule has 0 aliphatic carbocycles. The van der Waals surface area contributed by atoms with E-state index in [1.54, 1.807) is 0 Å². The first-order valence-corrected chi connectivity index (χ1v) is 9.68. The van der Waals surface area contributed by atoms with Crippen LogP contribution in [0, 0.1) is 0 Å². The third kappa shape index (κ3) is 4.26. The molecule has 4 heteroatoms. The van der Waals surface area contributed by atoms with E-state index in [-0.39, 0.29) is 5.91 Å². The fraction of sp³-hybridized carbons (Fsp3) is 0.611. The molecule has 0 saturated carbocycles. The molecule has 1 aromatic rings. The Labute approximate surface area is 137 Å². The largest absolute Gasteiger partial charge is 0.339 e. The molecule has 1 unspecified atom stereocenters. The van der Waals surface area contributed by atoms with Gasteiger partial charge in [-0.15, -0.1) is 0 Å². The second-order valence-electron chi connectivity index (χ2n) is 6.34. The van der Waals surface area contributed by atoms with Crippen molar-refractivity contribution in [3.63, 3.8) is 0 Å². The molecule has 2 fully saturated rings. The number of piperidine rings is 1. The number of amides is 1. The lowest BCUT2D eigenvalue weighted by Crippen LogP contribution is -2.35. The van der Waals surface area contributed by atoms with Crippen molar-refractivity contribution in [1.29, 1.82) is 0 Å². The number of nitrogens with one attached hydrogen (secondary N) is 1. The Morgan fingerprint density at radius 1 is 1.14 bits per heavy atom. The predicted octanol–water partition coefficient (Wildman–Crippen LogP) is 3.30. The van der Waals surface area contributed by atoms with Gasteiger partial charge in [-0.1, -0.05) is 12.1 Å². The molecule has 0 radical (unpaired) electrons. The lowest BCUT2D eigenvalue weighted by Gasteiger charge is -2.26. The summed E-state index contributed by atoms with van der Waals surface area (Å²) in [7, 11) is 0. The molecule has 3 nitrogen and oxygen atoms in total. The van der Waals surface area contributed by atoms with Crippen LogP contribution in [0.5, 0.6) is 0 Å². The summed E-state index contributed by atoms with van der Waals surface area (Å²) in [4.78, 5) is 14.4. The Morgan fingerprint density at radius 2 is 1.91 bits per heavy atom. The van der Waals surface area contributed by atoms with Crippen LogP contribution in [0.15, 0.2) is 24.3 Å². The van der Waals surface area contributed by atoms with E-state index in [0.29, 0.717) is 6.04 Å². The van der Waals surface area contributed by atoms with Gasteiger partial charge in [0.25, 0.3) is 5.91 Å². The molecule has 2 aliphatic heterocycles. The first kappa shape index (κ1) is 15.9. The summed E-state index contributed by atoms with van der Waals surface area (Å²) < 4.78 is 0. The monoisotopic (exact) mass is 318 g/mol. The average molecular weight is 318 g/mol. The summed E-state index contributed by atoms with van der Waals surface area (Å²) in [6, 6.07) is 8.82. The van der Waals surface area contributed by atoms with Gasteiger partial charge in [0.1, 0.15) is 0 Å². The number of hydrogen-bond donors (Lipinski definition) is 1. The average Bonchev–Trinajstić information content (AvgIpc) is 2.61. The molecule has 2 saturated heterocycles. The van der Waals surface area contributed by atoms with E-state index in [2.05, 4.69) is 17.4 Å². The first-order chi connectivity index (χ1) is 10.8. The standard InChI is InChI=1S/C18H26N2OS/c21-18(20-10-2-1-3-11-20)16-8-6-15(7-9-16)13-19-17-5-4-12-22-14-17/h6-9,17,19H,1-5,10-14H2. The maximum absolute atomic E-state index is 12.4. The minimum absolute atomic E-state index is 0.197. The van der Waals surface area contributed by atoms with Crippen LogP contribution in [0.25, 0.3) is 0 Å². The number of carbonyl (C=O) groups excluding carboxylic acids is 1. The quantitative estimate of drug-likeness (QED) is 0.924. The molecule has 1 atom stereocenters. The Bertz CT molecular complexity index is 476. The fourth-order valence-electron chi connectivity index (χ4n) is 3.21. The number of carbonyl (C=O) groups is 1. The summed E-state index contributed by atoms with van der Waals surface area (Å²) in [5.74, 6) is 2.74. The molecule has 2 heterocycles. The second-order valence-corrected chi connectivity index (χ2v) is 7.49. The highest BCUT2D eigenvalue weighted by molar-refractivity contribution is 7.99. The maximum Gasteiger partial charge on any atom is 0.253 e. The van der Waals surface area contributed by atoms with Crippen LogP contribution in [0.2, 0.25) is 0 Å². The van der Waals surface area contributed by atoms with Gasteiger partial charge in [0, 0.05) is 37.0 Å². The van der Waals surface area contributed by atoms with Gasteiger partial charge in [-0.2, -0.15) is 11.8 Å². The second kappa shape index (κ2) is 8.02. The predicted molar refractivity (Wildman–Crippen MR) is 93.4 cm³/mol. The van der Waals surface area contributed by atoms with Gasteiger partial charge in [0.2, 0.25) is 0 Å². The summed E-state index contributed by atoms with van der Waals surface area (Å²) in [6.07, 6.45) is 6.16. The minimum atomic E-state index is 0.197. The van der Waals surface area contributed by atoms with Crippen molar-refractivity contribution in [3.8, 4) is 0 Å². The molecular formula is C18H26N2OS. The van der Waals surface area contributed by atoms with Crippen molar-refractivity contribution in [2.24, 2.45) is 0 Å². The molecule has 1 aromatic carbocycles. The zero-order valence-electron chi connectivity index (χ0n) is 13.2. The Morgan fingerprint density at radius 3 is 2.59 bits per heavy atom. The Balaban J connectivity index is 1.51. The molecule has 120 valence electrons. The van der Waals surface area contributed by atoms with Gasteiger partial charge in [-0.25, -0.2) is 0 Å². The molecule has 1 amide bonds. The summed E-state index contributed by atoms with van der Waals surface area (Å²) in [5, 5.41) is 3.63. The first-order valence-electron chi connectivity index (χ1n) is 8.52. The summed E-state index contributed by atoms with van der Waals surface area (Å²) in [5.41, 5.74) is 2.10. The van der Waals surface area contributed by atoms with Crippen LogP contribution < -0.4 is 5.32 Å². The van der Waals surface area contributed by atoms with Gasteiger partial charge in [0.15, 0.2) is 0 Å². The molecule has 1 N–H and O–H groups in total. The van der Waals surface area contributed by atoms with E-state index in [0.717, 1.165) is 38.0 Å². The molecule has 0 spiro atoms. The molecule has 0 bridgehead atoms. The minimum Gasteiger partial charge on any atom is -0.339 e. The molecular weight excluding hydrogens is 292 g/mol. The van der Waals surface area contributed by atoms with Crippen molar-refractivity contribution in [2.75, 3.05) is 24.6 Å². The smallest absolute Gasteiger partial charge is 0.253 e. The van der Waals surface area contributed by atoms with Crippen molar-refractivity contribution in [3.05, 3.63) is 35.4 Å². The van der Waals surface area contributed by atoms with E-state index < -0.39 is 0 Å². The molecule has 2 aliphatic rings. The van der Waals surface area contributed by atoms with Crippen molar-refractivity contribution < 1.29 is 4.79 Å². The number of hydrogen-bond acceptors (Lipinski definition) is 3. The van der Waals surface area contributed by atoms with Crippen molar-refractivity contribution in [2.45, 2.75) is 44.7 Å². The zero-order chi connectivity index (χ0) is 15.2. The van der Waals surface area contributed by atoms with Crippen LogP contribution in [-0.2, 0) is 6.54 Å². The van der Waals surface area contributed by atoms with E-state index >= 15 is 0 Å². The van der Waals surface area contributed by atoms with E-state index in [1.807, 2.05) is 28.8 Å². The van der Waals surface area contributed by atoms with Crippen LogP contribution in [-0.4, -0.2) is 41.4 Å². The van der Waals surface area contributed by atoms with E-state index in [4.69, 9.17) is 0 Å². The highest BCUT2D eigenvalue weighted by Crippen LogP contribution is 2.18. The highest BCUT2D eigenvalue weighted by atomic mass is 32.2. The Kier molecular flexibility index (Phi) is 5.79. The van der Waals surface area contributed by atoms with E-state index in [9.17, 15) is 4.79 Å². The summed E-state index contributed by atoms with van der Waals surface area (Å²) >= 11 is 2.05. The molecule has 0 aromatic heterocycles. The molecule has 22 heavy (non-hydrogen) atoms. The number of benzene rings is 1. The lowest BCUT2D eigenvalue weighted by atomic mass is 10.1. The number of rotatable bonds is 4. The Hall–Kier alpha value is -1.00. The molecule has 3 rings (SSSR count). The zero-order valence-corrected chi connectivity index (χ0v) is 14.0. The normalized spacial score (nSPS) is 22.5. The third-order valence-electron chi connectivity index (χ3n) is 4.60. The number of nitrogens with zero attached hydrogens (tertiary/aromatic N) is 1. The number of thioether (sulfide) groups is 1. The van der Waals surface area contributed by atoms with Crippen LogP contribution in [0.4, 0.5) is 0 Å². The van der Waals surface area contributed by atoms with Crippen LogP contribution >= 0.6 is 11.8 Å². The summed E-state index contributed by atoms with van der Waals surface area (Å²) in [6.45, 7) is 2.74. The highest BCUT2D eigenvalue weighted by Gasteiger charge is 2.18. The number of likely N-dealkylation sites (tertiary alicyclic amines) is 1. The third-order valence-corrected chi connectivity index (χ3v) is 5.81. The van der Waals surface area contributed by atoms with Crippen LogP contribution in [0.3, 0.4) is 0 Å². The van der Waals surface area contributed by atoms with E-state index in [1.165, 1.54) is 36.3 Å². The fourth-order valence-corrected chi connectivity index (χ4v) is 4.32. The van der Waals surface area contributed by atoms with Crippen LogP contribution in [0.1, 0.15) is 48.0 Å². The van der Waals surface area contributed by atoms with Gasteiger partial charge >= 0.3 is 0 Å². The van der Waals surface area contributed by atoms with Crippen molar-refractivity contribution in [1.82, 2.24) is 10.2 Å². The van der Waals surface area contributed by atoms with Gasteiger partial charge in [-0.05, 0) is 55.6 Å². The van der Waals surface area contributed by atoms with Gasteiger partial charge < -0.3 is 10.2 Å². The lowest BCUT2D eigenvalue weighted by molar-refractivity contribution is 0.0724. The maximum atomic E-state index is 12.4. The van der Waals surface area contributed by atoms with Gasteiger partial charge in [-0.3, -0.25) is 4.79 Å². The van der Waals surface area contributed by atoms with Crippen molar-refractivity contribution >= 4 is 17.7 Å². The topological polar surface area (TPSA) is 32.3 Å².